The molecule has 3 heterocycles. The Labute approximate surface area is 192 Å². The van der Waals surface area contributed by atoms with E-state index in [-0.39, 0.29) is 17.0 Å². The molecule has 9 nitrogen and oxygen atoms in total. The van der Waals surface area contributed by atoms with Crippen LogP contribution in [0.15, 0.2) is 30.3 Å². The van der Waals surface area contributed by atoms with Crippen LogP contribution in [-0.4, -0.2) is 71.0 Å². The highest BCUT2D eigenvalue weighted by Crippen LogP contribution is 2.39. The van der Waals surface area contributed by atoms with Crippen molar-refractivity contribution in [2.75, 3.05) is 39.1 Å². The van der Waals surface area contributed by atoms with Crippen molar-refractivity contribution >= 4 is 23.2 Å². The summed E-state index contributed by atoms with van der Waals surface area (Å²) in [5, 5.41) is 17.9. The standard InChI is InChI=1S/C24H27N7O2/c1-15-17(13-25)21-27-20(19(32)23(33)29(4)5)28-31(21)22(18(15)16-9-7-6-8-10-16)30-12-11-24(2,14-30)26-3/h6-10,26H,11-12,14H2,1-5H3/t24-/m0/s1. The summed E-state index contributed by atoms with van der Waals surface area (Å²) in [5.74, 6) is -0.976. The van der Waals surface area contributed by atoms with Crippen molar-refractivity contribution < 1.29 is 9.59 Å². The van der Waals surface area contributed by atoms with Gasteiger partial charge in [-0.05, 0) is 38.4 Å². The zero-order chi connectivity index (χ0) is 23.9. The minimum atomic E-state index is -0.807. The molecular weight excluding hydrogens is 418 g/mol. The van der Waals surface area contributed by atoms with E-state index in [1.165, 1.54) is 19.0 Å². The van der Waals surface area contributed by atoms with Gasteiger partial charge in [0.2, 0.25) is 5.82 Å². The van der Waals surface area contributed by atoms with E-state index in [4.69, 9.17) is 0 Å². The zero-order valence-corrected chi connectivity index (χ0v) is 19.5. The van der Waals surface area contributed by atoms with E-state index in [0.717, 1.165) is 35.5 Å². The number of aromatic nitrogens is 3. The van der Waals surface area contributed by atoms with Gasteiger partial charge in [0, 0.05) is 38.3 Å². The van der Waals surface area contributed by atoms with Crippen LogP contribution < -0.4 is 10.2 Å². The Bertz CT molecular complexity index is 1290. The smallest absolute Gasteiger partial charge is 0.297 e. The molecule has 9 heteroatoms. The molecule has 33 heavy (non-hydrogen) atoms. The Morgan fingerprint density at radius 2 is 1.94 bits per heavy atom. The number of carbonyl (C=O) groups is 2. The third-order valence-corrected chi connectivity index (χ3v) is 6.36. The zero-order valence-electron chi connectivity index (χ0n) is 19.5. The summed E-state index contributed by atoms with van der Waals surface area (Å²) in [4.78, 5) is 32.8. The third kappa shape index (κ3) is 3.72. The fourth-order valence-electron chi connectivity index (χ4n) is 4.31. The maximum atomic E-state index is 12.7. The fourth-order valence-corrected chi connectivity index (χ4v) is 4.31. The summed E-state index contributed by atoms with van der Waals surface area (Å²) in [6, 6.07) is 12.1. The number of pyridine rings is 1. The van der Waals surface area contributed by atoms with Crippen LogP contribution in [0.2, 0.25) is 0 Å². The molecule has 2 aromatic heterocycles. The summed E-state index contributed by atoms with van der Waals surface area (Å²) >= 11 is 0. The molecule has 1 saturated heterocycles. The maximum Gasteiger partial charge on any atom is 0.297 e. The predicted molar refractivity (Wildman–Crippen MR) is 125 cm³/mol. The number of fused-ring (bicyclic) bond motifs is 1. The number of ketones is 1. The van der Waals surface area contributed by atoms with E-state index in [0.29, 0.717) is 12.1 Å². The summed E-state index contributed by atoms with van der Waals surface area (Å²) < 4.78 is 1.56. The highest BCUT2D eigenvalue weighted by atomic mass is 16.2. The van der Waals surface area contributed by atoms with Gasteiger partial charge in [0.05, 0.1) is 0 Å². The first-order valence-electron chi connectivity index (χ1n) is 10.8. The minimum Gasteiger partial charge on any atom is -0.354 e. The molecule has 4 rings (SSSR count). The molecule has 170 valence electrons. The van der Waals surface area contributed by atoms with Crippen LogP contribution in [0.3, 0.4) is 0 Å². The molecule has 1 N–H and O–H groups in total. The molecule has 0 spiro atoms. The first-order valence-corrected chi connectivity index (χ1v) is 10.8. The number of nitrogens with zero attached hydrogens (tertiary/aromatic N) is 6. The molecule has 0 aliphatic carbocycles. The second kappa shape index (κ2) is 8.30. The van der Waals surface area contributed by atoms with Crippen LogP contribution in [0, 0.1) is 18.3 Å². The van der Waals surface area contributed by atoms with Crippen LogP contribution in [0.5, 0.6) is 0 Å². The molecule has 1 fully saturated rings. The van der Waals surface area contributed by atoms with Gasteiger partial charge in [-0.25, -0.2) is 4.98 Å². The van der Waals surface area contributed by atoms with Crippen molar-refractivity contribution in [2.45, 2.75) is 25.8 Å². The van der Waals surface area contributed by atoms with Gasteiger partial charge in [0.1, 0.15) is 17.5 Å². The quantitative estimate of drug-likeness (QED) is 0.473. The molecule has 0 unspecified atom stereocenters. The Morgan fingerprint density at radius 1 is 1.24 bits per heavy atom. The number of Topliss-reactive ketones (excluding diaryl/α,β-unsaturated/α-hetero) is 1. The lowest BCUT2D eigenvalue weighted by atomic mass is 9.97. The van der Waals surface area contributed by atoms with Crippen molar-refractivity contribution in [3.63, 3.8) is 0 Å². The van der Waals surface area contributed by atoms with Gasteiger partial charge in [-0.15, -0.1) is 5.10 Å². The number of likely N-dealkylation sites (N-methyl/N-ethyl adjacent to an activating group) is 2. The fraction of sp³-hybridized carbons (Fsp3) is 0.375. The van der Waals surface area contributed by atoms with E-state index in [1.54, 1.807) is 4.52 Å². The van der Waals surface area contributed by atoms with Gasteiger partial charge in [0.25, 0.3) is 11.7 Å². The Kier molecular flexibility index (Phi) is 5.64. The molecule has 0 saturated carbocycles. The lowest BCUT2D eigenvalue weighted by Gasteiger charge is -2.27. The number of anilines is 1. The van der Waals surface area contributed by atoms with Crippen LogP contribution in [0.25, 0.3) is 16.8 Å². The van der Waals surface area contributed by atoms with Crippen molar-refractivity contribution in [3.8, 4) is 17.2 Å². The molecular formula is C24H27N7O2. The van der Waals surface area contributed by atoms with Gasteiger partial charge in [-0.3, -0.25) is 9.59 Å². The minimum absolute atomic E-state index is 0.0950. The molecule has 3 aromatic rings. The van der Waals surface area contributed by atoms with Gasteiger partial charge < -0.3 is 15.1 Å². The molecule has 1 amide bonds. The topological polar surface area (TPSA) is 107 Å². The predicted octanol–water partition coefficient (Wildman–Crippen LogP) is 2.04. The monoisotopic (exact) mass is 445 g/mol. The molecule has 0 bridgehead atoms. The average Bonchev–Trinajstić information content (AvgIpc) is 3.42. The van der Waals surface area contributed by atoms with Crippen molar-refractivity contribution in [1.29, 1.82) is 5.26 Å². The SMILES string of the molecule is CN[C@@]1(C)CCN(c2c(-c3ccccc3)c(C)c(C#N)c3nc(C(=O)C(=O)N(C)C)nn23)C1. The molecule has 1 aromatic carbocycles. The highest BCUT2D eigenvalue weighted by molar-refractivity contribution is 6.41. The van der Waals surface area contributed by atoms with Gasteiger partial charge in [-0.2, -0.15) is 9.78 Å². The Balaban J connectivity index is 2.04. The van der Waals surface area contributed by atoms with Crippen LogP contribution in [0.4, 0.5) is 5.82 Å². The number of amides is 1. The molecule has 1 atom stereocenters. The van der Waals surface area contributed by atoms with Gasteiger partial charge >= 0.3 is 0 Å². The number of hydrogen-bond donors (Lipinski definition) is 1. The number of hydrogen-bond acceptors (Lipinski definition) is 7. The van der Waals surface area contributed by atoms with Crippen molar-refractivity contribution in [3.05, 3.63) is 47.3 Å². The van der Waals surface area contributed by atoms with E-state index in [9.17, 15) is 14.9 Å². The summed E-state index contributed by atoms with van der Waals surface area (Å²) in [5.41, 5.74) is 3.07. The van der Waals surface area contributed by atoms with E-state index < -0.39 is 11.7 Å². The number of nitrogens with one attached hydrogen (secondary N) is 1. The number of carbonyl (C=O) groups excluding carboxylic acids is 2. The van der Waals surface area contributed by atoms with E-state index >= 15 is 0 Å². The second-order valence-electron chi connectivity index (χ2n) is 8.86. The van der Waals surface area contributed by atoms with Crippen LogP contribution in [0.1, 0.15) is 35.1 Å². The van der Waals surface area contributed by atoms with E-state index in [2.05, 4.69) is 33.3 Å². The summed E-state index contributed by atoms with van der Waals surface area (Å²) in [6.45, 7) is 5.52. The Hall–Kier alpha value is -3.77. The number of benzene rings is 1. The average molecular weight is 446 g/mol. The summed E-state index contributed by atoms with van der Waals surface area (Å²) in [6.07, 6.45) is 0.915. The lowest BCUT2D eigenvalue weighted by molar-refractivity contribution is -0.124. The van der Waals surface area contributed by atoms with Gasteiger partial charge in [-0.1, -0.05) is 30.3 Å². The molecule has 1 aliphatic rings. The first kappa shape index (κ1) is 22.4. The number of nitriles is 1. The molecule has 0 radical (unpaired) electrons. The normalized spacial score (nSPS) is 17.9. The van der Waals surface area contributed by atoms with Crippen LogP contribution in [-0.2, 0) is 4.79 Å². The van der Waals surface area contributed by atoms with Crippen molar-refractivity contribution in [2.24, 2.45) is 0 Å². The Morgan fingerprint density at radius 3 is 2.52 bits per heavy atom. The number of rotatable bonds is 5. The lowest BCUT2D eigenvalue weighted by Crippen LogP contribution is -2.42. The first-order chi connectivity index (χ1) is 15.7. The van der Waals surface area contributed by atoms with Crippen LogP contribution >= 0.6 is 0 Å². The second-order valence-corrected chi connectivity index (χ2v) is 8.86. The largest absolute Gasteiger partial charge is 0.354 e. The maximum absolute atomic E-state index is 12.7. The van der Waals surface area contributed by atoms with Gasteiger partial charge in [0.15, 0.2) is 5.65 Å². The summed E-state index contributed by atoms with van der Waals surface area (Å²) in [7, 11) is 4.95. The molecule has 1 aliphatic heterocycles. The van der Waals surface area contributed by atoms with E-state index in [1.807, 2.05) is 44.3 Å². The third-order valence-electron chi connectivity index (χ3n) is 6.36. The highest BCUT2D eigenvalue weighted by Gasteiger charge is 2.36. The van der Waals surface area contributed by atoms with Crippen molar-refractivity contribution in [1.82, 2.24) is 24.8 Å².